The predicted molar refractivity (Wildman–Crippen MR) is 91.1 cm³/mol. The van der Waals surface area contributed by atoms with E-state index in [-0.39, 0.29) is 0 Å². The number of pyridine rings is 1. The Morgan fingerprint density at radius 1 is 1.04 bits per heavy atom. The van der Waals surface area contributed by atoms with Crippen molar-refractivity contribution in [1.29, 1.82) is 0 Å². The number of hydrogen-bond acceptors (Lipinski definition) is 6. The molecule has 0 saturated heterocycles. The topological polar surface area (TPSA) is 75.6 Å². The first-order valence-corrected chi connectivity index (χ1v) is 7.50. The molecule has 0 spiro atoms. The van der Waals surface area contributed by atoms with Crippen LogP contribution in [0.25, 0.3) is 0 Å². The van der Waals surface area contributed by atoms with Crippen LogP contribution in [0.1, 0.15) is 5.56 Å². The quantitative estimate of drug-likeness (QED) is 0.728. The lowest BCUT2D eigenvalue weighted by atomic mass is 10.3. The van der Waals surface area contributed by atoms with E-state index in [9.17, 15) is 0 Å². The summed E-state index contributed by atoms with van der Waals surface area (Å²) in [6, 6.07) is 8.96. The van der Waals surface area contributed by atoms with Gasteiger partial charge in [-0.25, -0.2) is 0 Å². The van der Waals surface area contributed by atoms with Gasteiger partial charge in [0.15, 0.2) is 5.82 Å². The van der Waals surface area contributed by atoms with Gasteiger partial charge in [-0.3, -0.25) is 4.98 Å². The Balaban J connectivity index is 1.69. The van der Waals surface area contributed by atoms with Crippen molar-refractivity contribution in [2.45, 2.75) is 6.54 Å². The van der Waals surface area contributed by atoms with Gasteiger partial charge in [-0.05, 0) is 29.8 Å². The minimum absolute atomic E-state index is 0.347. The van der Waals surface area contributed by atoms with Crippen LogP contribution in [0.2, 0.25) is 10.0 Å². The molecule has 2 aromatic heterocycles. The van der Waals surface area contributed by atoms with Crippen LogP contribution >= 0.6 is 23.2 Å². The maximum absolute atomic E-state index is 5.97. The summed E-state index contributed by atoms with van der Waals surface area (Å²) < 4.78 is 0. The summed E-state index contributed by atoms with van der Waals surface area (Å²) in [5.41, 5.74) is 1.73. The Labute approximate surface area is 142 Å². The summed E-state index contributed by atoms with van der Waals surface area (Å²) in [5, 5.41) is 15.1. The van der Waals surface area contributed by atoms with E-state index in [1.54, 1.807) is 36.8 Å². The minimum Gasteiger partial charge on any atom is -0.364 e. The summed E-state index contributed by atoms with van der Waals surface area (Å²) in [4.78, 5) is 8.40. The highest BCUT2D eigenvalue weighted by Crippen LogP contribution is 2.24. The van der Waals surface area contributed by atoms with Crippen molar-refractivity contribution in [3.63, 3.8) is 0 Å². The monoisotopic (exact) mass is 346 g/mol. The average Bonchev–Trinajstić information content (AvgIpc) is 2.53. The van der Waals surface area contributed by atoms with Gasteiger partial charge in [0.05, 0.1) is 6.20 Å². The third kappa shape index (κ3) is 4.51. The fraction of sp³-hybridized carbons (Fsp3) is 0.0667. The highest BCUT2D eigenvalue weighted by atomic mass is 35.5. The number of anilines is 3. The van der Waals surface area contributed by atoms with Gasteiger partial charge in [-0.2, -0.15) is 10.1 Å². The summed E-state index contributed by atoms with van der Waals surface area (Å²) in [5.74, 6) is 0.944. The Bertz CT molecular complexity index is 777. The molecule has 23 heavy (non-hydrogen) atoms. The molecule has 3 rings (SSSR count). The molecule has 2 heterocycles. The molecule has 0 atom stereocenters. The van der Waals surface area contributed by atoms with E-state index in [1.807, 2.05) is 12.1 Å². The van der Waals surface area contributed by atoms with Gasteiger partial charge in [-0.1, -0.05) is 29.3 Å². The van der Waals surface area contributed by atoms with Crippen LogP contribution in [-0.2, 0) is 6.54 Å². The van der Waals surface area contributed by atoms with Crippen molar-refractivity contribution < 1.29 is 0 Å². The summed E-state index contributed by atoms with van der Waals surface area (Å²) in [6.45, 7) is 0.592. The fourth-order valence-electron chi connectivity index (χ4n) is 1.89. The fourth-order valence-corrected chi connectivity index (χ4v) is 2.42. The number of halogens is 2. The second kappa shape index (κ2) is 7.21. The lowest BCUT2D eigenvalue weighted by molar-refractivity contribution is 0.964. The minimum atomic E-state index is 0.347. The Morgan fingerprint density at radius 2 is 1.87 bits per heavy atom. The van der Waals surface area contributed by atoms with Crippen molar-refractivity contribution in [3.8, 4) is 0 Å². The molecule has 0 aliphatic heterocycles. The Morgan fingerprint density at radius 3 is 2.61 bits per heavy atom. The number of rotatable bonds is 5. The van der Waals surface area contributed by atoms with Gasteiger partial charge < -0.3 is 10.6 Å². The van der Waals surface area contributed by atoms with Crippen LogP contribution in [0.5, 0.6) is 0 Å². The molecule has 0 aliphatic carbocycles. The molecule has 1 aromatic carbocycles. The second-order valence-electron chi connectivity index (χ2n) is 4.66. The van der Waals surface area contributed by atoms with Crippen molar-refractivity contribution in [2.75, 3.05) is 10.6 Å². The number of nitrogens with one attached hydrogen (secondary N) is 2. The van der Waals surface area contributed by atoms with Gasteiger partial charge in [0, 0.05) is 34.7 Å². The Kier molecular flexibility index (Phi) is 4.85. The van der Waals surface area contributed by atoms with Crippen LogP contribution in [0, 0.1) is 0 Å². The number of hydrogen-bond donors (Lipinski definition) is 2. The average molecular weight is 347 g/mol. The molecule has 0 fully saturated rings. The lowest BCUT2D eigenvalue weighted by Crippen LogP contribution is -2.05. The first kappa shape index (κ1) is 15.5. The molecule has 0 unspecified atom stereocenters. The normalized spacial score (nSPS) is 10.3. The van der Waals surface area contributed by atoms with Crippen LogP contribution in [-0.4, -0.2) is 20.2 Å². The molecule has 6 nitrogen and oxygen atoms in total. The van der Waals surface area contributed by atoms with E-state index >= 15 is 0 Å². The lowest BCUT2D eigenvalue weighted by Gasteiger charge is -2.08. The second-order valence-corrected chi connectivity index (χ2v) is 5.54. The number of nitrogens with zero attached hydrogens (tertiary/aromatic N) is 4. The molecule has 0 amide bonds. The largest absolute Gasteiger partial charge is 0.364 e. The molecular formula is C15H12Cl2N6. The van der Waals surface area contributed by atoms with E-state index in [2.05, 4.69) is 30.8 Å². The standard InChI is InChI=1S/C15H12Cl2N6/c16-11-4-12(17)6-13(5-11)21-15-22-14(9-20-23-15)19-8-10-2-1-3-18-7-10/h1-7,9H,8H2,(H2,19,21,22,23). The predicted octanol–water partition coefficient (Wildman–Crippen LogP) is 3.93. The zero-order valence-corrected chi connectivity index (χ0v) is 13.4. The first-order chi connectivity index (χ1) is 11.2. The van der Waals surface area contributed by atoms with Crippen molar-refractivity contribution in [3.05, 3.63) is 64.5 Å². The summed E-state index contributed by atoms with van der Waals surface area (Å²) in [7, 11) is 0. The van der Waals surface area contributed by atoms with Gasteiger partial charge in [0.2, 0.25) is 5.95 Å². The maximum atomic E-state index is 5.97. The van der Waals surface area contributed by atoms with Crippen molar-refractivity contribution in [1.82, 2.24) is 20.2 Å². The summed E-state index contributed by atoms with van der Waals surface area (Å²) >= 11 is 11.9. The zero-order valence-electron chi connectivity index (χ0n) is 11.9. The third-order valence-electron chi connectivity index (χ3n) is 2.87. The van der Waals surface area contributed by atoms with E-state index in [0.29, 0.717) is 34.0 Å². The van der Waals surface area contributed by atoms with Crippen molar-refractivity contribution in [2.24, 2.45) is 0 Å². The van der Waals surface area contributed by atoms with E-state index < -0.39 is 0 Å². The molecule has 0 bridgehead atoms. The number of benzene rings is 1. The molecule has 0 saturated carbocycles. The maximum Gasteiger partial charge on any atom is 0.249 e. The molecule has 3 aromatic rings. The van der Waals surface area contributed by atoms with E-state index in [0.717, 1.165) is 5.56 Å². The van der Waals surface area contributed by atoms with E-state index in [4.69, 9.17) is 23.2 Å². The smallest absolute Gasteiger partial charge is 0.249 e. The van der Waals surface area contributed by atoms with Crippen LogP contribution in [0.15, 0.2) is 48.9 Å². The SMILES string of the molecule is Clc1cc(Cl)cc(Nc2nncc(NCc3cccnc3)n2)c1. The zero-order chi connectivity index (χ0) is 16.1. The third-order valence-corrected chi connectivity index (χ3v) is 3.31. The van der Waals surface area contributed by atoms with E-state index in [1.165, 1.54) is 0 Å². The van der Waals surface area contributed by atoms with Gasteiger partial charge in [0.1, 0.15) is 0 Å². The molecule has 116 valence electrons. The molecule has 8 heteroatoms. The molecule has 2 N–H and O–H groups in total. The van der Waals surface area contributed by atoms with Crippen molar-refractivity contribution >= 4 is 40.7 Å². The van der Waals surface area contributed by atoms with Gasteiger partial charge >= 0.3 is 0 Å². The highest BCUT2D eigenvalue weighted by molar-refractivity contribution is 6.35. The van der Waals surface area contributed by atoms with Crippen LogP contribution < -0.4 is 10.6 Å². The van der Waals surface area contributed by atoms with Gasteiger partial charge in [-0.15, -0.1) is 5.10 Å². The van der Waals surface area contributed by atoms with Gasteiger partial charge in [0.25, 0.3) is 0 Å². The highest BCUT2D eigenvalue weighted by Gasteiger charge is 2.03. The molecular weight excluding hydrogens is 335 g/mol. The Hall–Kier alpha value is -2.44. The molecule has 0 aliphatic rings. The summed E-state index contributed by atoms with van der Waals surface area (Å²) in [6.07, 6.45) is 5.06. The van der Waals surface area contributed by atoms with Crippen LogP contribution in [0.4, 0.5) is 17.5 Å². The first-order valence-electron chi connectivity index (χ1n) is 6.75. The number of aromatic nitrogens is 4. The van der Waals surface area contributed by atoms with Crippen LogP contribution in [0.3, 0.4) is 0 Å². The molecule has 0 radical (unpaired) electrons.